The number of fused-ring (bicyclic) bond motifs is 3. The Morgan fingerprint density at radius 2 is 2.11 bits per heavy atom. The van der Waals surface area contributed by atoms with E-state index in [1.807, 2.05) is 46.5 Å². The normalized spacial score (nSPS) is 27.1. The summed E-state index contributed by atoms with van der Waals surface area (Å²) < 4.78 is 36.7. The van der Waals surface area contributed by atoms with E-state index < -0.39 is 38.2 Å². The van der Waals surface area contributed by atoms with Crippen molar-refractivity contribution in [1.29, 1.82) is 5.26 Å². The van der Waals surface area contributed by atoms with Gasteiger partial charge in [0.25, 0.3) is 13.5 Å². The molecule has 2 fully saturated rings. The summed E-state index contributed by atoms with van der Waals surface area (Å²) in [5.74, 6) is 0.252. The van der Waals surface area contributed by atoms with Gasteiger partial charge in [0.1, 0.15) is 23.3 Å². The number of nitrogens with zero attached hydrogens (tertiary/aromatic N) is 8. The maximum Gasteiger partial charge on any atom is 0.274 e. The average Bonchev–Trinajstić information content (AvgIpc) is 3.50. The Balaban J connectivity index is 1.70. The van der Waals surface area contributed by atoms with E-state index >= 15 is 0 Å². The Labute approximate surface area is 216 Å². The molecule has 0 amide bonds. The van der Waals surface area contributed by atoms with Crippen LogP contribution in [-0.2, 0) is 18.6 Å². The first kappa shape index (κ1) is 27.6. The fourth-order valence-electron chi connectivity index (χ4n) is 5.02. The lowest BCUT2D eigenvalue weighted by atomic mass is 10.0. The quantitative estimate of drug-likeness (QED) is 0.257. The average molecular weight is 535 g/mol. The lowest BCUT2D eigenvalue weighted by molar-refractivity contribution is -0.184. The molecule has 1 N–H and O–H groups in total. The van der Waals surface area contributed by atoms with Crippen LogP contribution in [0.15, 0.2) is 17.5 Å². The molecular weight excluding hydrogens is 499 g/mol. The molecule has 2 aromatic rings. The second-order valence-corrected chi connectivity index (χ2v) is 12.5. The van der Waals surface area contributed by atoms with Crippen molar-refractivity contribution < 1.29 is 23.7 Å². The van der Waals surface area contributed by atoms with E-state index in [0.29, 0.717) is 11.2 Å². The molecule has 202 valence electrons. The van der Waals surface area contributed by atoms with Crippen molar-refractivity contribution >= 4 is 31.0 Å². The van der Waals surface area contributed by atoms with Crippen LogP contribution < -0.4 is 0 Å². The van der Waals surface area contributed by atoms with E-state index in [0.717, 1.165) is 0 Å². The van der Waals surface area contributed by atoms with Crippen LogP contribution in [0.5, 0.6) is 0 Å². The first-order chi connectivity index (χ1) is 17.5. The van der Waals surface area contributed by atoms with Crippen LogP contribution in [0.4, 0.5) is 5.95 Å². The molecule has 2 aliphatic rings. The van der Waals surface area contributed by atoms with Crippen LogP contribution in [-0.4, -0.2) is 104 Å². The Morgan fingerprint density at radius 1 is 1.38 bits per heavy atom. The molecule has 5 atom stereocenters. The van der Waals surface area contributed by atoms with Crippen LogP contribution in [0.1, 0.15) is 40.3 Å². The van der Waals surface area contributed by atoms with Crippen molar-refractivity contribution in [2.75, 3.05) is 33.5 Å². The van der Waals surface area contributed by atoms with E-state index in [9.17, 15) is 14.9 Å². The zero-order valence-corrected chi connectivity index (χ0v) is 22.9. The summed E-state index contributed by atoms with van der Waals surface area (Å²) in [5.41, 5.74) is -0.212. The maximum atomic E-state index is 14.4. The Kier molecular flexibility index (Phi) is 7.99. The second kappa shape index (κ2) is 10.7. The highest BCUT2D eigenvalue weighted by molar-refractivity contribution is 7.56. The molecule has 0 saturated carbocycles. The van der Waals surface area contributed by atoms with Gasteiger partial charge in [0.05, 0.1) is 44.3 Å². The predicted molar refractivity (Wildman–Crippen MR) is 137 cm³/mol. The summed E-state index contributed by atoms with van der Waals surface area (Å²) in [6.07, 6.45) is 2.60. The van der Waals surface area contributed by atoms with Crippen LogP contribution in [0.2, 0.25) is 0 Å². The largest absolute Gasteiger partial charge is 0.393 e. The predicted octanol–water partition coefficient (Wildman–Crippen LogP) is 2.32. The molecule has 0 radical (unpaired) electrons. The number of aliphatic imine (C=N–C) groups is 1. The zero-order chi connectivity index (χ0) is 27.0. The number of hydrogen-bond acceptors (Lipinski definition) is 10. The standard InChI is InChI=1S/C23H35N8O5P/c1-15(2)31(16(3)4)37(33,9-7-8-24)36-19-18-21(35-23(19,11-32)12-34-18)30-14-26-17-10-25-22(28-20(17)30)27-13-29(5)6/h10,13-16,18-19,21,32H,7,9,11-12H2,1-6H3/b27-13+/t18-,19+,21-,23+,37?/m1/s1. The molecular formula is C23H35N8O5P. The first-order valence-corrected chi connectivity index (χ1v) is 14.0. The minimum Gasteiger partial charge on any atom is -0.393 e. The zero-order valence-electron chi connectivity index (χ0n) is 22.1. The highest BCUT2D eigenvalue weighted by atomic mass is 31.2. The van der Waals surface area contributed by atoms with Gasteiger partial charge in [0, 0.05) is 32.6 Å². The van der Waals surface area contributed by atoms with E-state index in [-0.39, 0.29) is 37.2 Å². The van der Waals surface area contributed by atoms with E-state index in [4.69, 9.17) is 14.0 Å². The highest BCUT2D eigenvalue weighted by Crippen LogP contribution is 2.59. The molecule has 1 unspecified atom stereocenters. The number of nitriles is 1. The molecule has 0 aromatic carbocycles. The Morgan fingerprint density at radius 3 is 2.73 bits per heavy atom. The molecule has 0 aliphatic carbocycles. The van der Waals surface area contributed by atoms with Gasteiger partial charge in [-0.05, 0) is 27.7 Å². The Bertz CT molecular complexity index is 1220. The molecule has 2 aliphatic heterocycles. The third kappa shape index (κ3) is 5.14. The van der Waals surface area contributed by atoms with Gasteiger partial charge in [-0.15, -0.1) is 0 Å². The second-order valence-electron chi connectivity index (χ2n) is 10.1. The number of aromatic nitrogens is 4. The molecule has 2 saturated heterocycles. The number of rotatable bonds is 11. The van der Waals surface area contributed by atoms with Gasteiger partial charge >= 0.3 is 0 Å². The number of hydrogen-bond donors (Lipinski definition) is 1. The van der Waals surface area contributed by atoms with Crippen molar-refractivity contribution in [3.8, 4) is 6.07 Å². The van der Waals surface area contributed by atoms with E-state index in [1.165, 1.54) is 0 Å². The van der Waals surface area contributed by atoms with Crippen molar-refractivity contribution in [3.63, 3.8) is 0 Å². The monoisotopic (exact) mass is 534 g/mol. The topological polar surface area (TPSA) is 151 Å². The Hall–Kier alpha value is -2.46. The molecule has 2 aromatic heterocycles. The van der Waals surface area contributed by atoms with Gasteiger partial charge < -0.3 is 24.0 Å². The van der Waals surface area contributed by atoms with Crippen molar-refractivity contribution in [3.05, 3.63) is 12.5 Å². The van der Waals surface area contributed by atoms with Crippen LogP contribution in [0.25, 0.3) is 11.2 Å². The fourth-order valence-corrected chi connectivity index (χ4v) is 7.92. The summed E-state index contributed by atoms with van der Waals surface area (Å²) in [4.78, 5) is 19.2. The third-order valence-electron chi connectivity index (χ3n) is 6.42. The molecule has 4 heterocycles. The van der Waals surface area contributed by atoms with Crippen molar-refractivity contribution in [2.45, 2.75) is 70.2 Å². The molecule has 4 rings (SSSR count). The van der Waals surface area contributed by atoms with Gasteiger partial charge in [-0.2, -0.15) is 10.2 Å². The number of aliphatic hydroxyl groups is 1. The van der Waals surface area contributed by atoms with Crippen molar-refractivity contribution in [1.82, 2.24) is 29.1 Å². The molecule has 13 nitrogen and oxygen atoms in total. The number of imidazole rings is 1. The van der Waals surface area contributed by atoms with Gasteiger partial charge in [-0.3, -0.25) is 9.13 Å². The summed E-state index contributed by atoms with van der Waals surface area (Å²) in [5, 5.41) is 19.7. The maximum absolute atomic E-state index is 14.4. The highest BCUT2D eigenvalue weighted by Gasteiger charge is 2.65. The summed E-state index contributed by atoms with van der Waals surface area (Å²) in [6.45, 7) is 7.45. The smallest absolute Gasteiger partial charge is 0.274 e. The van der Waals surface area contributed by atoms with Gasteiger partial charge in [-0.1, -0.05) is 0 Å². The lowest BCUT2D eigenvalue weighted by Gasteiger charge is -2.39. The van der Waals surface area contributed by atoms with Crippen LogP contribution in [0.3, 0.4) is 0 Å². The number of ether oxygens (including phenoxy) is 2. The van der Waals surface area contributed by atoms with Crippen molar-refractivity contribution in [2.24, 2.45) is 4.99 Å². The SMILES string of the molecule is CC(C)N(C(C)C)P(=O)(CCC#N)O[C@H]1[C@H]2OC[C@]1(CO)O[C@H]2n1cnc2cnc(/N=C/N(C)C)nc21. The van der Waals surface area contributed by atoms with E-state index in [1.54, 1.807) is 28.3 Å². The summed E-state index contributed by atoms with van der Waals surface area (Å²) >= 11 is 0. The minimum atomic E-state index is -3.51. The van der Waals surface area contributed by atoms with Gasteiger partial charge in [0.2, 0.25) is 0 Å². The van der Waals surface area contributed by atoms with Gasteiger partial charge in [0.15, 0.2) is 11.9 Å². The molecule has 14 heteroatoms. The third-order valence-corrected chi connectivity index (χ3v) is 9.39. The fraction of sp³-hybridized carbons (Fsp3) is 0.696. The minimum absolute atomic E-state index is 0.0593. The van der Waals surface area contributed by atoms with E-state index in [2.05, 4.69) is 26.0 Å². The van der Waals surface area contributed by atoms with Crippen LogP contribution >= 0.6 is 7.52 Å². The summed E-state index contributed by atoms with van der Waals surface area (Å²) in [7, 11) is 0.177. The van der Waals surface area contributed by atoms with Crippen LogP contribution in [0, 0.1) is 11.3 Å². The summed E-state index contributed by atoms with van der Waals surface area (Å²) in [6, 6.07) is 1.89. The van der Waals surface area contributed by atoms with Gasteiger partial charge in [-0.25, -0.2) is 19.6 Å². The molecule has 0 spiro atoms. The number of aliphatic hydroxyl groups excluding tert-OH is 1. The lowest BCUT2D eigenvalue weighted by Crippen LogP contribution is -2.46. The first-order valence-electron chi connectivity index (χ1n) is 12.3. The molecule has 37 heavy (non-hydrogen) atoms. The molecule has 2 bridgehead atoms.